The first kappa shape index (κ1) is 10.8. The van der Waals surface area contributed by atoms with Gasteiger partial charge in [0.25, 0.3) is 0 Å². The lowest BCUT2D eigenvalue weighted by atomic mass is 10.2. The average Bonchev–Trinajstić information content (AvgIpc) is 2.69. The van der Waals surface area contributed by atoms with E-state index in [0.29, 0.717) is 0 Å². The van der Waals surface area contributed by atoms with Gasteiger partial charge in [-0.2, -0.15) is 0 Å². The highest BCUT2D eigenvalue weighted by atomic mass is 79.9. The fraction of sp³-hybridized carbons (Fsp3) is 0.273. The molecule has 0 radical (unpaired) electrons. The highest BCUT2D eigenvalue weighted by Crippen LogP contribution is 2.25. The lowest BCUT2D eigenvalue weighted by Gasteiger charge is -2.06. The van der Waals surface area contributed by atoms with Crippen molar-refractivity contribution in [2.24, 2.45) is 0 Å². The molecule has 0 bridgehead atoms. The fourth-order valence-electron chi connectivity index (χ4n) is 1.48. The average molecular weight is 283 g/mol. The number of hydrogen-bond donors (Lipinski definition) is 0. The summed E-state index contributed by atoms with van der Waals surface area (Å²) in [4.78, 5) is 10.1. The largest absolute Gasteiger partial charge is 0.232 e. The molecular formula is C11H11BrN2S. The number of aromatic nitrogens is 2. The van der Waals surface area contributed by atoms with Crippen LogP contribution < -0.4 is 0 Å². The summed E-state index contributed by atoms with van der Waals surface area (Å²) in [5.41, 5.74) is 2.25. The van der Waals surface area contributed by atoms with Crippen molar-refractivity contribution < 1.29 is 0 Å². The molecule has 0 atom stereocenters. The van der Waals surface area contributed by atoms with E-state index in [1.807, 2.05) is 24.4 Å². The molecule has 0 N–H and O–H groups in total. The third-order valence-corrected chi connectivity index (χ3v) is 3.78. The van der Waals surface area contributed by atoms with Crippen molar-refractivity contribution >= 4 is 27.3 Å². The summed E-state index contributed by atoms with van der Waals surface area (Å²) in [7, 11) is 0. The van der Waals surface area contributed by atoms with E-state index >= 15 is 0 Å². The number of rotatable bonds is 2. The minimum atomic E-state index is 0.812. The van der Waals surface area contributed by atoms with Gasteiger partial charge in [-0.1, -0.05) is 13.0 Å². The summed E-state index contributed by atoms with van der Waals surface area (Å²) >= 11 is 5.16. The van der Waals surface area contributed by atoms with Gasteiger partial charge in [0, 0.05) is 11.3 Å². The molecular weight excluding hydrogens is 272 g/mol. The molecule has 0 amide bonds. The maximum absolute atomic E-state index is 4.52. The minimum Gasteiger partial charge on any atom is -0.232 e. The SMILES string of the molecule is CCc1c(C)nc(-c2cccs2)nc1Br. The van der Waals surface area contributed by atoms with Crippen LogP contribution >= 0.6 is 27.3 Å². The second-order valence-electron chi connectivity index (χ2n) is 3.23. The Kier molecular flexibility index (Phi) is 3.17. The van der Waals surface area contributed by atoms with E-state index in [2.05, 4.69) is 32.8 Å². The molecule has 0 aromatic carbocycles. The Balaban J connectivity index is 2.53. The molecule has 0 fully saturated rings. The highest BCUT2D eigenvalue weighted by molar-refractivity contribution is 9.10. The van der Waals surface area contributed by atoms with Crippen LogP contribution in [0.1, 0.15) is 18.2 Å². The van der Waals surface area contributed by atoms with Crippen LogP contribution in [0.2, 0.25) is 0 Å². The van der Waals surface area contributed by atoms with Crippen LogP contribution in [0.4, 0.5) is 0 Å². The van der Waals surface area contributed by atoms with E-state index in [1.165, 1.54) is 5.56 Å². The van der Waals surface area contributed by atoms with E-state index in [4.69, 9.17) is 0 Å². The molecule has 0 saturated heterocycles. The molecule has 2 heterocycles. The molecule has 2 nitrogen and oxygen atoms in total. The Morgan fingerprint density at radius 1 is 1.40 bits per heavy atom. The van der Waals surface area contributed by atoms with Gasteiger partial charge in [-0.15, -0.1) is 11.3 Å². The van der Waals surface area contributed by atoms with Crippen LogP contribution in [0, 0.1) is 6.92 Å². The van der Waals surface area contributed by atoms with Crippen LogP contribution in [-0.4, -0.2) is 9.97 Å². The predicted octanol–water partition coefficient (Wildman–Crippen LogP) is 3.84. The van der Waals surface area contributed by atoms with E-state index in [0.717, 1.165) is 27.4 Å². The number of halogens is 1. The summed E-state index contributed by atoms with van der Waals surface area (Å²) in [6.07, 6.45) is 0.955. The maximum atomic E-state index is 4.52. The fourth-order valence-corrected chi connectivity index (χ4v) is 2.87. The van der Waals surface area contributed by atoms with Gasteiger partial charge in [-0.25, -0.2) is 9.97 Å². The summed E-state index contributed by atoms with van der Waals surface area (Å²) in [5.74, 6) is 0.812. The number of thiophene rings is 1. The third kappa shape index (κ3) is 2.11. The molecule has 2 aromatic rings. The second-order valence-corrected chi connectivity index (χ2v) is 4.93. The van der Waals surface area contributed by atoms with Gasteiger partial charge in [0.2, 0.25) is 0 Å². The Morgan fingerprint density at radius 3 is 2.73 bits per heavy atom. The Bertz CT molecular complexity index is 442. The maximum Gasteiger partial charge on any atom is 0.170 e. The number of nitrogens with zero attached hydrogens (tertiary/aromatic N) is 2. The van der Waals surface area contributed by atoms with Crippen molar-refractivity contribution in [3.8, 4) is 10.7 Å². The van der Waals surface area contributed by atoms with Crippen LogP contribution in [0.5, 0.6) is 0 Å². The Hall–Kier alpha value is -0.740. The second kappa shape index (κ2) is 4.41. The normalized spacial score (nSPS) is 10.6. The van der Waals surface area contributed by atoms with Gasteiger partial charge in [-0.05, 0) is 40.7 Å². The summed E-state index contributed by atoms with van der Waals surface area (Å²) in [6, 6.07) is 4.05. The van der Waals surface area contributed by atoms with Gasteiger partial charge >= 0.3 is 0 Å². The summed E-state index contributed by atoms with van der Waals surface area (Å²) < 4.78 is 0.918. The highest BCUT2D eigenvalue weighted by Gasteiger charge is 2.09. The Morgan fingerprint density at radius 2 is 2.20 bits per heavy atom. The first-order valence-corrected chi connectivity index (χ1v) is 6.46. The van der Waals surface area contributed by atoms with Gasteiger partial charge < -0.3 is 0 Å². The van der Waals surface area contributed by atoms with Crippen LogP contribution in [-0.2, 0) is 6.42 Å². The van der Waals surface area contributed by atoms with E-state index < -0.39 is 0 Å². The van der Waals surface area contributed by atoms with Crippen molar-refractivity contribution in [3.05, 3.63) is 33.4 Å². The molecule has 0 spiro atoms. The van der Waals surface area contributed by atoms with Crippen molar-refractivity contribution in [2.75, 3.05) is 0 Å². The lowest BCUT2D eigenvalue weighted by Crippen LogP contribution is -1.98. The number of aryl methyl sites for hydroxylation is 1. The third-order valence-electron chi connectivity index (χ3n) is 2.26. The molecule has 0 aliphatic carbocycles. The topological polar surface area (TPSA) is 25.8 Å². The smallest absolute Gasteiger partial charge is 0.170 e. The van der Waals surface area contributed by atoms with Crippen LogP contribution in [0.25, 0.3) is 10.7 Å². The zero-order chi connectivity index (χ0) is 10.8. The van der Waals surface area contributed by atoms with E-state index in [9.17, 15) is 0 Å². The molecule has 2 aromatic heterocycles. The van der Waals surface area contributed by atoms with Crippen LogP contribution in [0.15, 0.2) is 22.1 Å². The lowest BCUT2D eigenvalue weighted by molar-refractivity contribution is 0.983. The first-order chi connectivity index (χ1) is 7.22. The van der Waals surface area contributed by atoms with Crippen LogP contribution in [0.3, 0.4) is 0 Å². The van der Waals surface area contributed by atoms with E-state index in [1.54, 1.807) is 11.3 Å². The quantitative estimate of drug-likeness (QED) is 0.783. The van der Waals surface area contributed by atoms with Gasteiger partial charge in [0.15, 0.2) is 5.82 Å². The van der Waals surface area contributed by atoms with Crippen molar-refractivity contribution in [2.45, 2.75) is 20.3 Å². The molecule has 0 unspecified atom stereocenters. The monoisotopic (exact) mass is 282 g/mol. The molecule has 0 aliphatic heterocycles. The zero-order valence-corrected chi connectivity index (χ0v) is 11.0. The minimum absolute atomic E-state index is 0.812. The molecule has 2 rings (SSSR count). The molecule has 15 heavy (non-hydrogen) atoms. The standard InChI is InChI=1S/C11H11BrN2S/c1-3-8-7(2)13-11(14-10(8)12)9-5-4-6-15-9/h4-6H,3H2,1-2H3. The van der Waals surface area contributed by atoms with Gasteiger partial charge in [-0.3, -0.25) is 0 Å². The van der Waals surface area contributed by atoms with E-state index in [-0.39, 0.29) is 0 Å². The van der Waals surface area contributed by atoms with Crippen molar-refractivity contribution in [1.29, 1.82) is 0 Å². The zero-order valence-electron chi connectivity index (χ0n) is 8.62. The molecule has 4 heteroatoms. The predicted molar refractivity (Wildman–Crippen MR) is 67.2 cm³/mol. The van der Waals surface area contributed by atoms with Crippen molar-refractivity contribution in [1.82, 2.24) is 9.97 Å². The summed E-state index contributed by atoms with van der Waals surface area (Å²) in [6.45, 7) is 4.14. The molecule has 78 valence electrons. The molecule has 0 aliphatic rings. The number of hydrogen-bond acceptors (Lipinski definition) is 3. The Labute approximate surface area is 102 Å². The molecule has 0 saturated carbocycles. The summed E-state index contributed by atoms with van der Waals surface area (Å²) in [5, 5.41) is 2.04. The first-order valence-electron chi connectivity index (χ1n) is 4.79. The van der Waals surface area contributed by atoms with Crippen molar-refractivity contribution in [3.63, 3.8) is 0 Å². The van der Waals surface area contributed by atoms with Gasteiger partial charge in [0.1, 0.15) is 4.60 Å². The van der Waals surface area contributed by atoms with Gasteiger partial charge in [0.05, 0.1) is 4.88 Å².